The van der Waals surface area contributed by atoms with Crippen molar-refractivity contribution >= 4 is 16.3 Å². The van der Waals surface area contributed by atoms with Crippen LogP contribution in [0.4, 0.5) is 0 Å². The molecule has 0 amide bonds. The number of methoxy groups -OCH3 is 1. The molecular formula is C14H14N2O3S. The Bertz CT molecular complexity index is 692. The third-order valence-electron chi connectivity index (χ3n) is 2.93. The number of imidazole rings is 1. The van der Waals surface area contributed by atoms with Gasteiger partial charge >= 0.3 is 0 Å². The first-order valence-corrected chi connectivity index (χ1v) is 7.00. The maximum absolute atomic E-state index is 9.11. The number of ether oxygens (including phenoxy) is 2. The summed E-state index contributed by atoms with van der Waals surface area (Å²) in [6, 6.07) is 5.37. The number of hydrogen-bond acceptors (Lipinski definition) is 5. The van der Waals surface area contributed by atoms with Gasteiger partial charge in [-0.1, -0.05) is 6.07 Å². The molecule has 3 rings (SSSR count). The number of benzene rings is 1. The van der Waals surface area contributed by atoms with E-state index in [0.717, 1.165) is 16.2 Å². The second kappa shape index (κ2) is 5.52. The molecule has 3 aromatic rings. The molecule has 0 saturated heterocycles. The summed E-state index contributed by atoms with van der Waals surface area (Å²) in [6.07, 6.45) is 3.91. The van der Waals surface area contributed by atoms with E-state index in [0.29, 0.717) is 18.1 Å². The lowest BCUT2D eigenvalue weighted by atomic mass is 10.2. The molecule has 0 unspecified atom stereocenters. The monoisotopic (exact) mass is 290 g/mol. The zero-order valence-corrected chi connectivity index (χ0v) is 11.8. The Labute approximate surface area is 120 Å². The molecule has 0 bridgehead atoms. The highest BCUT2D eigenvalue weighted by Gasteiger charge is 2.08. The van der Waals surface area contributed by atoms with Crippen LogP contribution < -0.4 is 9.47 Å². The summed E-state index contributed by atoms with van der Waals surface area (Å²) >= 11 is 1.59. The first-order valence-electron chi connectivity index (χ1n) is 6.12. The molecule has 0 aliphatic heterocycles. The Balaban J connectivity index is 1.75. The van der Waals surface area contributed by atoms with Gasteiger partial charge in [-0.25, -0.2) is 4.98 Å². The predicted octanol–water partition coefficient (Wildman–Crippen LogP) is 2.48. The molecule has 104 valence electrons. The minimum atomic E-state index is -0.0199. The fourth-order valence-corrected chi connectivity index (χ4v) is 2.65. The van der Waals surface area contributed by atoms with Gasteiger partial charge in [0.05, 0.1) is 19.4 Å². The van der Waals surface area contributed by atoms with Crippen LogP contribution in [-0.4, -0.2) is 21.6 Å². The van der Waals surface area contributed by atoms with Crippen LogP contribution in [0.5, 0.6) is 11.5 Å². The van der Waals surface area contributed by atoms with E-state index in [-0.39, 0.29) is 6.61 Å². The van der Waals surface area contributed by atoms with Gasteiger partial charge in [0.15, 0.2) is 16.5 Å². The Kier molecular flexibility index (Phi) is 3.58. The van der Waals surface area contributed by atoms with Crippen LogP contribution in [0.1, 0.15) is 11.3 Å². The molecule has 2 aromatic heterocycles. The van der Waals surface area contributed by atoms with Crippen molar-refractivity contribution in [3.05, 3.63) is 47.2 Å². The summed E-state index contributed by atoms with van der Waals surface area (Å²) in [5.74, 6) is 1.25. The van der Waals surface area contributed by atoms with Crippen molar-refractivity contribution in [2.24, 2.45) is 0 Å². The van der Waals surface area contributed by atoms with E-state index in [1.807, 2.05) is 28.2 Å². The number of aromatic nitrogens is 2. The van der Waals surface area contributed by atoms with Crippen LogP contribution in [0.3, 0.4) is 0 Å². The largest absolute Gasteiger partial charge is 0.493 e. The number of aliphatic hydroxyl groups excluding tert-OH is 1. The standard InChI is InChI=1S/C14H14N2O3S/c1-18-13-6-10(8-17)2-3-12(13)19-9-11-7-16-4-5-20-14(16)15-11/h2-7,17H,8-9H2,1H3. The zero-order chi connectivity index (χ0) is 13.9. The molecule has 5 nitrogen and oxygen atoms in total. The molecule has 0 aliphatic carbocycles. The van der Waals surface area contributed by atoms with Gasteiger partial charge in [0, 0.05) is 17.8 Å². The molecule has 1 aromatic carbocycles. The summed E-state index contributed by atoms with van der Waals surface area (Å²) < 4.78 is 13.0. The van der Waals surface area contributed by atoms with Gasteiger partial charge in [0.1, 0.15) is 6.61 Å². The quantitative estimate of drug-likeness (QED) is 0.784. The predicted molar refractivity (Wildman–Crippen MR) is 76.3 cm³/mol. The molecular weight excluding hydrogens is 276 g/mol. The number of thiazole rings is 1. The number of aliphatic hydroxyl groups is 1. The van der Waals surface area contributed by atoms with Gasteiger partial charge in [-0.05, 0) is 17.7 Å². The zero-order valence-electron chi connectivity index (χ0n) is 10.9. The third kappa shape index (κ3) is 2.48. The Hall–Kier alpha value is -2.05. The van der Waals surface area contributed by atoms with Gasteiger partial charge in [0.25, 0.3) is 0 Å². The Morgan fingerprint density at radius 3 is 3.00 bits per heavy atom. The highest BCUT2D eigenvalue weighted by molar-refractivity contribution is 7.15. The van der Waals surface area contributed by atoms with E-state index in [2.05, 4.69) is 4.98 Å². The molecule has 0 fully saturated rings. The van der Waals surface area contributed by atoms with Crippen molar-refractivity contribution in [1.82, 2.24) is 9.38 Å². The molecule has 20 heavy (non-hydrogen) atoms. The fourth-order valence-electron chi connectivity index (χ4n) is 1.93. The lowest BCUT2D eigenvalue weighted by molar-refractivity contribution is 0.273. The summed E-state index contributed by atoms with van der Waals surface area (Å²) in [5.41, 5.74) is 1.65. The van der Waals surface area contributed by atoms with Crippen LogP contribution in [0.2, 0.25) is 0 Å². The molecule has 0 radical (unpaired) electrons. The molecule has 0 spiro atoms. The molecule has 0 aliphatic rings. The van der Waals surface area contributed by atoms with Crippen molar-refractivity contribution < 1.29 is 14.6 Å². The van der Waals surface area contributed by atoms with E-state index in [1.54, 1.807) is 30.6 Å². The topological polar surface area (TPSA) is 56.0 Å². The minimum absolute atomic E-state index is 0.0199. The Morgan fingerprint density at radius 2 is 2.25 bits per heavy atom. The smallest absolute Gasteiger partial charge is 0.193 e. The maximum atomic E-state index is 9.11. The highest BCUT2D eigenvalue weighted by Crippen LogP contribution is 2.28. The van der Waals surface area contributed by atoms with Crippen LogP contribution in [-0.2, 0) is 13.2 Å². The normalized spacial score (nSPS) is 10.9. The lowest BCUT2D eigenvalue weighted by Gasteiger charge is -2.10. The number of fused-ring (bicyclic) bond motifs is 1. The van der Waals surface area contributed by atoms with E-state index < -0.39 is 0 Å². The molecule has 2 heterocycles. The number of nitrogens with zero attached hydrogens (tertiary/aromatic N) is 2. The molecule has 0 atom stereocenters. The number of hydrogen-bond donors (Lipinski definition) is 1. The first-order chi connectivity index (χ1) is 9.80. The SMILES string of the molecule is COc1cc(CO)ccc1OCc1cn2ccsc2n1. The molecule has 6 heteroatoms. The van der Waals surface area contributed by atoms with Gasteiger partial charge < -0.3 is 14.6 Å². The first kappa shape index (κ1) is 13.0. The van der Waals surface area contributed by atoms with Gasteiger partial charge in [-0.3, -0.25) is 4.40 Å². The average molecular weight is 290 g/mol. The van der Waals surface area contributed by atoms with Crippen molar-refractivity contribution in [3.63, 3.8) is 0 Å². The summed E-state index contributed by atoms with van der Waals surface area (Å²) in [4.78, 5) is 5.40. The van der Waals surface area contributed by atoms with E-state index in [9.17, 15) is 0 Å². The Morgan fingerprint density at radius 1 is 1.35 bits per heavy atom. The van der Waals surface area contributed by atoms with Crippen LogP contribution in [0.15, 0.2) is 36.0 Å². The molecule has 0 saturated carbocycles. The van der Waals surface area contributed by atoms with Gasteiger partial charge in [0.2, 0.25) is 0 Å². The third-order valence-corrected chi connectivity index (χ3v) is 3.70. The van der Waals surface area contributed by atoms with Crippen molar-refractivity contribution in [2.75, 3.05) is 7.11 Å². The fraction of sp³-hybridized carbons (Fsp3) is 0.214. The van der Waals surface area contributed by atoms with E-state index >= 15 is 0 Å². The van der Waals surface area contributed by atoms with Gasteiger partial charge in [-0.15, -0.1) is 11.3 Å². The van der Waals surface area contributed by atoms with Crippen molar-refractivity contribution in [3.8, 4) is 11.5 Å². The molecule has 1 N–H and O–H groups in total. The average Bonchev–Trinajstić information content (AvgIpc) is 3.05. The lowest BCUT2D eigenvalue weighted by Crippen LogP contribution is -1.98. The van der Waals surface area contributed by atoms with E-state index in [4.69, 9.17) is 14.6 Å². The van der Waals surface area contributed by atoms with Crippen LogP contribution >= 0.6 is 11.3 Å². The van der Waals surface area contributed by atoms with Crippen molar-refractivity contribution in [1.29, 1.82) is 0 Å². The summed E-state index contributed by atoms with van der Waals surface area (Å²) in [7, 11) is 1.58. The summed E-state index contributed by atoms with van der Waals surface area (Å²) in [5, 5.41) is 11.1. The van der Waals surface area contributed by atoms with Gasteiger partial charge in [-0.2, -0.15) is 0 Å². The van der Waals surface area contributed by atoms with Crippen LogP contribution in [0, 0.1) is 0 Å². The van der Waals surface area contributed by atoms with Crippen molar-refractivity contribution in [2.45, 2.75) is 13.2 Å². The second-order valence-corrected chi connectivity index (χ2v) is 5.13. The van der Waals surface area contributed by atoms with Crippen LogP contribution in [0.25, 0.3) is 4.96 Å². The summed E-state index contributed by atoms with van der Waals surface area (Å²) in [6.45, 7) is 0.358. The highest BCUT2D eigenvalue weighted by atomic mass is 32.1. The second-order valence-electron chi connectivity index (χ2n) is 4.26. The maximum Gasteiger partial charge on any atom is 0.193 e. The van der Waals surface area contributed by atoms with E-state index in [1.165, 1.54) is 0 Å². The number of rotatable bonds is 5. The minimum Gasteiger partial charge on any atom is -0.493 e.